The van der Waals surface area contributed by atoms with Gasteiger partial charge in [-0.05, 0) is 93.6 Å². The second-order valence-electron chi connectivity index (χ2n) is 11.3. The van der Waals surface area contributed by atoms with Crippen LogP contribution in [0, 0.1) is 0 Å². The first-order chi connectivity index (χ1) is 19.6. The lowest BCUT2D eigenvalue weighted by Gasteiger charge is -2.30. The molecular weight excluding hydrogens is 578 g/mol. The van der Waals surface area contributed by atoms with Gasteiger partial charge in [0, 0.05) is 11.1 Å². The van der Waals surface area contributed by atoms with Gasteiger partial charge in [0.1, 0.15) is 17.7 Å². The fourth-order valence-corrected chi connectivity index (χ4v) is 6.24. The number of aryl methyl sites for hydroxylation is 1. The fraction of sp³-hybridized carbons (Fsp3) is 0.375. The molecule has 0 heterocycles. The minimum atomic E-state index is -4.09. The van der Waals surface area contributed by atoms with E-state index in [0.29, 0.717) is 23.4 Å². The molecule has 0 spiro atoms. The number of rotatable bonds is 12. The van der Waals surface area contributed by atoms with Gasteiger partial charge < -0.3 is 14.9 Å². The second-order valence-corrected chi connectivity index (χ2v) is 13.7. The zero-order valence-electron chi connectivity index (χ0n) is 24.4. The molecule has 42 heavy (non-hydrogen) atoms. The minimum Gasteiger partial charge on any atom is -0.478 e. The minimum absolute atomic E-state index is 0.0272. The quantitative estimate of drug-likeness (QED) is 0.218. The van der Waals surface area contributed by atoms with Crippen LogP contribution in [-0.4, -0.2) is 48.3 Å². The largest absolute Gasteiger partial charge is 0.478 e. The van der Waals surface area contributed by atoms with Gasteiger partial charge in [0.2, 0.25) is 9.84 Å². The predicted octanol–water partition coefficient (Wildman–Crippen LogP) is 5.79. The van der Waals surface area contributed by atoms with Crippen molar-refractivity contribution >= 4 is 33.4 Å². The molecule has 226 valence electrons. The number of aliphatic hydroxyl groups is 1. The van der Waals surface area contributed by atoms with E-state index in [9.17, 15) is 28.2 Å². The standard InChI is InChI=1S/C32H38ClNO7S/c1-6-8-21-13-16-27(26(18-21)30(36)37)42(39,40)25-14-11-22(12-15-25)17-20(2)34-28(31(38)41-32(3,4)5)29(35)23-9-7-10-24(33)19-23/h7,9-16,18-20,28-29,34-35H,6,8,17H2,1-5H3,(H,36,37)/t20-,28?,29-/m1/s1. The summed E-state index contributed by atoms with van der Waals surface area (Å²) < 4.78 is 32.3. The third-order valence-electron chi connectivity index (χ3n) is 6.51. The Balaban J connectivity index is 1.81. The van der Waals surface area contributed by atoms with Crippen LogP contribution in [0.5, 0.6) is 0 Å². The normalized spacial score (nSPS) is 14.2. The van der Waals surface area contributed by atoms with Gasteiger partial charge in [-0.25, -0.2) is 13.2 Å². The van der Waals surface area contributed by atoms with E-state index >= 15 is 0 Å². The van der Waals surface area contributed by atoms with Gasteiger partial charge in [0.05, 0.1) is 15.4 Å². The number of carboxylic acid groups (broad SMARTS) is 1. The molecule has 3 rings (SSSR count). The number of sulfone groups is 1. The SMILES string of the molecule is CCCc1ccc(S(=O)(=O)c2ccc(C[C@@H](C)NC(C(=O)OC(C)(C)C)[C@H](O)c3cccc(Cl)c3)cc2)c(C(=O)O)c1. The van der Waals surface area contributed by atoms with Gasteiger partial charge in [-0.15, -0.1) is 0 Å². The van der Waals surface area contributed by atoms with Crippen LogP contribution in [-0.2, 0) is 32.2 Å². The van der Waals surface area contributed by atoms with Gasteiger partial charge in [-0.3, -0.25) is 10.1 Å². The predicted molar refractivity (Wildman–Crippen MR) is 162 cm³/mol. The van der Waals surface area contributed by atoms with Crippen molar-refractivity contribution in [3.8, 4) is 0 Å². The Morgan fingerprint density at radius 1 is 1.00 bits per heavy atom. The topological polar surface area (TPSA) is 130 Å². The number of hydrogen-bond acceptors (Lipinski definition) is 7. The first kappa shape index (κ1) is 33.3. The van der Waals surface area contributed by atoms with Crippen molar-refractivity contribution in [2.45, 2.75) is 87.5 Å². The summed E-state index contributed by atoms with van der Waals surface area (Å²) in [7, 11) is -4.09. The van der Waals surface area contributed by atoms with Crippen molar-refractivity contribution in [3.05, 3.63) is 94.0 Å². The molecular formula is C32H38ClNO7S. The Labute approximate surface area is 252 Å². The van der Waals surface area contributed by atoms with E-state index in [0.717, 1.165) is 17.5 Å². The van der Waals surface area contributed by atoms with Gasteiger partial charge >= 0.3 is 11.9 Å². The molecule has 0 bridgehead atoms. The highest BCUT2D eigenvalue weighted by molar-refractivity contribution is 7.91. The van der Waals surface area contributed by atoms with Crippen LogP contribution in [0.4, 0.5) is 0 Å². The van der Waals surface area contributed by atoms with Crippen molar-refractivity contribution in [3.63, 3.8) is 0 Å². The van der Waals surface area contributed by atoms with E-state index in [-0.39, 0.29) is 21.4 Å². The van der Waals surface area contributed by atoms with Gasteiger partial charge in [0.25, 0.3) is 0 Å². The Morgan fingerprint density at radius 3 is 2.21 bits per heavy atom. The lowest BCUT2D eigenvalue weighted by Crippen LogP contribution is -2.49. The number of carbonyl (C=O) groups is 2. The molecule has 1 unspecified atom stereocenters. The molecule has 3 aromatic rings. The molecule has 0 aliphatic carbocycles. The molecule has 0 saturated carbocycles. The number of aromatic carboxylic acids is 1. The Kier molecular flexibility index (Phi) is 10.9. The average Bonchev–Trinajstić information content (AvgIpc) is 2.90. The number of halogens is 1. The number of carboxylic acids is 1. The zero-order valence-corrected chi connectivity index (χ0v) is 26.0. The van der Waals surface area contributed by atoms with Gasteiger partial charge in [0.15, 0.2) is 0 Å². The van der Waals surface area contributed by atoms with Crippen LogP contribution in [0.1, 0.15) is 74.2 Å². The third-order valence-corrected chi connectivity index (χ3v) is 8.57. The number of benzene rings is 3. The van der Waals surface area contributed by atoms with Crippen molar-refractivity contribution in [1.29, 1.82) is 0 Å². The van der Waals surface area contributed by atoms with Crippen LogP contribution >= 0.6 is 11.6 Å². The molecule has 0 aromatic heterocycles. The number of hydrogen-bond donors (Lipinski definition) is 3. The van der Waals surface area contributed by atoms with E-state index in [4.69, 9.17) is 16.3 Å². The van der Waals surface area contributed by atoms with E-state index < -0.39 is 39.5 Å². The van der Waals surface area contributed by atoms with Crippen LogP contribution in [0.2, 0.25) is 5.02 Å². The summed E-state index contributed by atoms with van der Waals surface area (Å²) >= 11 is 6.10. The lowest BCUT2D eigenvalue weighted by atomic mass is 9.99. The second kappa shape index (κ2) is 13.8. The Hall–Kier alpha value is -3.24. The summed E-state index contributed by atoms with van der Waals surface area (Å²) in [6.07, 6.45) is 0.610. The zero-order chi connectivity index (χ0) is 31.2. The Bertz CT molecular complexity index is 1510. The highest BCUT2D eigenvalue weighted by Gasteiger charge is 2.33. The molecule has 0 aliphatic rings. The van der Waals surface area contributed by atoms with E-state index in [1.54, 1.807) is 63.2 Å². The number of carbonyl (C=O) groups excluding carboxylic acids is 1. The van der Waals surface area contributed by atoms with Crippen LogP contribution in [0.25, 0.3) is 0 Å². The average molecular weight is 616 g/mol. The molecule has 3 aromatic carbocycles. The molecule has 0 amide bonds. The first-order valence-corrected chi connectivity index (χ1v) is 15.6. The first-order valence-electron chi connectivity index (χ1n) is 13.7. The molecule has 0 fully saturated rings. The highest BCUT2D eigenvalue weighted by atomic mass is 35.5. The molecule has 3 N–H and O–H groups in total. The maximum atomic E-state index is 13.4. The maximum Gasteiger partial charge on any atom is 0.337 e. The number of esters is 1. The highest BCUT2D eigenvalue weighted by Crippen LogP contribution is 2.27. The molecule has 0 aliphatic heterocycles. The van der Waals surface area contributed by atoms with E-state index in [1.165, 1.54) is 24.3 Å². The summed E-state index contributed by atoms with van der Waals surface area (Å²) in [6, 6.07) is 15.8. The van der Waals surface area contributed by atoms with Crippen molar-refractivity contribution in [2.24, 2.45) is 0 Å². The summed E-state index contributed by atoms with van der Waals surface area (Å²) in [5, 5.41) is 24.4. The van der Waals surface area contributed by atoms with Crippen LogP contribution in [0.3, 0.4) is 0 Å². The smallest absolute Gasteiger partial charge is 0.337 e. The lowest BCUT2D eigenvalue weighted by molar-refractivity contribution is -0.161. The molecule has 8 nitrogen and oxygen atoms in total. The number of nitrogens with one attached hydrogen (secondary N) is 1. The van der Waals surface area contributed by atoms with Crippen molar-refractivity contribution < 1.29 is 33.0 Å². The molecule has 0 radical (unpaired) electrons. The maximum absolute atomic E-state index is 13.4. The van der Waals surface area contributed by atoms with E-state index in [1.807, 2.05) is 13.8 Å². The summed E-state index contributed by atoms with van der Waals surface area (Å²) in [4.78, 5) is 24.7. The Morgan fingerprint density at radius 2 is 1.64 bits per heavy atom. The molecule has 0 saturated heterocycles. The third kappa shape index (κ3) is 8.64. The van der Waals surface area contributed by atoms with Crippen LogP contribution < -0.4 is 5.32 Å². The van der Waals surface area contributed by atoms with Gasteiger partial charge in [-0.1, -0.05) is 55.3 Å². The molecule has 10 heteroatoms. The number of aliphatic hydroxyl groups excluding tert-OH is 1. The fourth-order valence-electron chi connectivity index (χ4n) is 4.61. The monoisotopic (exact) mass is 615 g/mol. The molecule has 3 atom stereocenters. The van der Waals surface area contributed by atoms with E-state index in [2.05, 4.69) is 5.32 Å². The van der Waals surface area contributed by atoms with Crippen molar-refractivity contribution in [2.75, 3.05) is 0 Å². The summed E-state index contributed by atoms with van der Waals surface area (Å²) in [6.45, 7) is 9.02. The summed E-state index contributed by atoms with van der Waals surface area (Å²) in [5.41, 5.74) is 0.957. The van der Waals surface area contributed by atoms with Crippen LogP contribution in [0.15, 0.2) is 76.5 Å². The number of ether oxygens (including phenoxy) is 1. The van der Waals surface area contributed by atoms with Crippen molar-refractivity contribution in [1.82, 2.24) is 5.32 Å². The van der Waals surface area contributed by atoms with Gasteiger partial charge in [-0.2, -0.15) is 0 Å². The summed E-state index contributed by atoms with van der Waals surface area (Å²) in [5.74, 6) is -1.93.